The minimum atomic E-state index is -0.788. The Kier molecular flexibility index (Phi) is 5.43. The molecule has 4 aromatic rings. The second-order valence-corrected chi connectivity index (χ2v) is 7.87. The van der Waals surface area contributed by atoms with Crippen molar-refractivity contribution in [3.05, 3.63) is 102 Å². The zero-order valence-electron chi connectivity index (χ0n) is 18.4. The van der Waals surface area contributed by atoms with Gasteiger partial charge in [-0.25, -0.2) is 9.69 Å². The third-order valence-electron chi connectivity index (χ3n) is 5.75. The Hall–Kier alpha value is -4.65. The number of amides is 4. The Morgan fingerprint density at radius 3 is 2.32 bits per heavy atom. The summed E-state index contributed by atoms with van der Waals surface area (Å²) in [6, 6.07) is 23.5. The van der Waals surface area contributed by atoms with Gasteiger partial charge in [0.15, 0.2) is 0 Å². The Balaban J connectivity index is 1.55. The predicted molar refractivity (Wildman–Crippen MR) is 129 cm³/mol. The number of rotatable bonds is 5. The number of hydrogen-bond donors (Lipinski definition) is 1. The normalized spacial score (nSPS) is 15.1. The summed E-state index contributed by atoms with van der Waals surface area (Å²) in [4.78, 5) is 39.4. The number of para-hydroxylation sites is 1. The van der Waals surface area contributed by atoms with Crippen LogP contribution >= 0.6 is 0 Å². The van der Waals surface area contributed by atoms with Gasteiger partial charge in [0.2, 0.25) is 0 Å². The van der Waals surface area contributed by atoms with Gasteiger partial charge in [-0.2, -0.15) is 0 Å². The van der Waals surface area contributed by atoms with Crippen LogP contribution in [0.2, 0.25) is 0 Å². The quantitative estimate of drug-likeness (QED) is 0.361. The van der Waals surface area contributed by atoms with E-state index in [1.807, 2.05) is 60.8 Å². The molecule has 2 heterocycles. The number of urea groups is 1. The smallest absolute Gasteiger partial charge is 0.335 e. The topological polar surface area (TPSA) is 80.6 Å². The maximum Gasteiger partial charge on any atom is 0.335 e. The number of benzene rings is 3. The molecule has 168 valence electrons. The van der Waals surface area contributed by atoms with Crippen molar-refractivity contribution in [2.75, 3.05) is 12.0 Å². The van der Waals surface area contributed by atoms with E-state index in [1.54, 1.807) is 30.3 Å². The number of hydrogen-bond acceptors (Lipinski definition) is 4. The molecular formula is C27H21N3O4. The summed E-state index contributed by atoms with van der Waals surface area (Å²) in [7, 11) is 1.53. The van der Waals surface area contributed by atoms with Crippen molar-refractivity contribution in [1.82, 2.24) is 9.88 Å². The van der Waals surface area contributed by atoms with Crippen LogP contribution in [0, 0.1) is 0 Å². The van der Waals surface area contributed by atoms with E-state index in [1.165, 1.54) is 7.11 Å². The highest BCUT2D eigenvalue weighted by Gasteiger charge is 2.37. The summed E-state index contributed by atoms with van der Waals surface area (Å²) < 4.78 is 7.22. The predicted octanol–water partition coefficient (Wildman–Crippen LogP) is 4.36. The first-order chi connectivity index (χ1) is 16.5. The highest BCUT2D eigenvalue weighted by molar-refractivity contribution is 6.39. The molecule has 0 atom stereocenters. The third-order valence-corrected chi connectivity index (χ3v) is 5.75. The monoisotopic (exact) mass is 451 g/mol. The molecule has 1 aromatic heterocycles. The number of anilines is 1. The van der Waals surface area contributed by atoms with Crippen LogP contribution < -0.4 is 15.0 Å². The van der Waals surface area contributed by atoms with E-state index in [0.29, 0.717) is 23.5 Å². The molecule has 0 aliphatic carbocycles. The summed E-state index contributed by atoms with van der Waals surface area (Å²) in [6.07, 6.45) is 3.46. The molecule has 0 saturated carbocycles. The van der Waals surface area contributed by atoms with E-state index < -0.39 is 17.8 Å². The number of nitrogens with one attached hydrogen (secondary N) is 1. The largest absolute Gasteiger partial charge is 0.497 e. The number of nitrogens with zero attached hydrogens (tertiary/aromatic N) is 2. The molecule has 1 fully saturated rings. The van der Waals surface area contributed by atoms with E-state index in [2.05, 4.69) is 9.88 Å². The lowest BCUT2D eigenvalue weighted by Crippen LogP contribution is -2.54. The molecule has 5 rings (SSSR count). The van der Waals surface area contributed by atoms with Crippen LogP contribution in [-0.2, 0) is 16.1 Å². The van der Waals surface area contributed by atoms with Crippen molar-refractivity contribution in [2.24, 2.45) is 0 Å². The molecular weight excluding hydrogens is 430 g/mol. The number of carbonyl (C=O) groups is 3. The van der Waals surface area contributed by atoms with Crippen LogP contribution in [0.5, 0.6) is 5.75 Å². The lowest BCUT2D eigenvalue weighted by molar-refractivity contribution is -0.122. The van der Waals surface area contributed by atoms with Crippen molar-refractivity contribution in [1.29, 1.82) is 0 Å². The van der Waals surface area contributed by atoms with Gasteiger partial charge >= 0.3 is 6.03 Å². The first-order valence-corrected chi connectivity index (χ1v) is 10.7. The molecule has 1 aliphatic rings. The van der Waals surface area contributed by atoms with Crippen molar-refractivity contribution in [3.63, 3.8) is 0 Å². The van der Waals surface area contributed by atoms with Gasteiger partial charge in [-0.05, 0) is 42.0 Å². The minimum Gasteiger partial charge on any atom is -0.497 e. The van der Waals surface area contributed by atoms with Crippen LogP contribution in [0.25, 0.3) is 17.0 Å². The van der Waals surface area contributed by atoms with E-state index in [4.69, 9.17) is 4.74 Å². The van der Waals surface area contributed by atoms with Gasteiger partial charge in [-0.15, -0.1) is 0 Å². The zero-order chi connectivity index (χ0) is 23.7. The van der Waals surface area contributed by atoms with E-state index >= 15 is 0 Å². The molecule has 4 amide bonds. The molecule has 7 nitrogen and oxygen atoms in total. The van der Waals surface area contributed by atoms with Crippen LogP contribution in [0.3, 0.4) is 0 Å². The second kappa shape index (κ2) is 8.71. The fraction of sp³-hybridized carbons (Fsp3) is 0.0741. The van der Waals surface area contributed by atoms with Gasteiger partial charge in [-0.3, -0.25) is 14.9 Å². The Morgan fingerprint density at radius 1 is 0.882 bits per heavy atom. The van der Waals surface area contributed by atoms with Crippen molar-refractivity contribution in [2.45, 2.75) is 6.54 Å². The average molecular weight is 451 g/mol. The molecule has 34 heavy (non-hydrogen) atoms. The van der Waals surface area contributed by atoms with Gasteiger partial charge in [0, 0.05) is 29.2 Å². The molecule has 0 spiro atoms. The molecule has 1 saturated heterocycles. The number of carbonyl (C=O) groups excluding carboxylic acids is 3. The fourth-order valence-corrected chi connectivity index (χ4v) is 4.08. The SMILES string of the molecule is COc1ccc(N2C(=O)NC(=O)/C(=C/c3cn(Cc4ccccc4)c4ccccc34)C2=O)cc1. The number of methoxy groups -OCH3 is 1. The van der Waals surface area contributed by atoms with Gasteiger partial charge in [0.1, 0.15) is 11.3 Å². The lowest BCUT2D eigenvalue weighted by Gasteiger charge is -2.26. The average Bonchev–Trinajstić information content (AvgIpc) is 3.20. The Bertz CT molecular complexity index is 1440. The number of fused-ring (bicyclic) bond motifs is 1. The van der Waals surface area contributed by atoms with Crippen LogP contribution in [-0.4, -0.2) is 29.5 Å². The summed E-state index contributed by atoms with van der Waals surface area (Å²) in [5.41, 5.74) is 3.05. The highest BCUT2D eigenvalue weighted by atomic mass is 16.5. The highest BCUT2D eigenvalue weighted by Crippen LogP contribution is 2.28. The van der Waals surface area contributed by atoms with Crippen molar-refractivity contribution < 1.29 is 19.1 Å². The number of imide groups is 2. The van der Waals surface area contributed by atoms with Gasteiger partial charge < -0.3 is 9.30 Å². The molecule has 0 unspecified atom stereocenters. The number of ether oxygens (including phenoxy) is 1. The third kappa shape index (κ3) is 3.84. The van der Waals surface area contributed by atoms with Crippen LogP contribution in [0.15, 0.2) is 90.6 Å². The summed E-state index contributed by atoms with van der Waals surface area (Å²) in [6.45, 7) is 0.640. The van der Waals surface area contributed by atoms with Crippen molar-refractivity contribution >= 4 is 40.5 Å². The van der Waals surface area contributed by atoms with Gasteiger partial charge in [0.05, 0.1) is 12.8 Å². The van der Waals surface area contributed by atoms with Crippen LogP contribution in [0.1, 0.15) is 11.1 Å². The first kappa shape index (κ1) is 21.2. The van der Waals surface area contributed by atoms with E-state index in [-0.39, 0.29) is 5.57 Å². The molecule has 1 aliphatic heterocycles. The fourth-order valence-electron chi connectivity index (χ4n) is 4.08. The first-order valence-electron chi connectivity index (χ1n) is 10.7. The Labute approximate surface area is 195 Å². The second-order valence-electron chi connectivity index (χ2n) is 7.87. The molecule has 1 N–H and O–H groups in total. The zero-order valence-corrected chi connectivity index (χ0v) is 18.4. The maximum atomic E-state index is 13.3. The summed E-state index contributed by atoms with van der Waals surface area (Å²) in [5, 5.41) is 3.18. The van der Waals surface area contributed by atoms with Crippen LogP contribution in [0.4, 0.5) is 10.5 Å². The van der Waals surface area contributed by atoms with Crippen molar-refractivity contribution in [3.8, 4) is 5.75 Å². The van der Waals surface area contributed by atoms with Gasteiger partial charge in [0.25, 0.3) is 11.8 Å². The molecule has 3 aromatic carbocycles. The molecule has 7 heteroatoms. The Morgan fingerprint density at radius 2 is 1.59 bits per heavy atom. The van der Waals surface area contributed by atoms with E-state index in [0.717, 1.165) is 21.4 Å². The number of aromatic nitrogens is 1. The standard InChI is InChI=1S/C27H21N3O4/c1-34-21-13-11-20(12-14-21)30-26(32)23(25(31)28-27(30)33)15-19-17-29(16-18-7-3-2-4-8-18)24-10-6-5-9-22(19)24/h2-15,17H,16H2,1H3,(H,28,31,33)/b23-15-. The minimum absolute atomic E-state index is 0.113. The number of barbiturate groups is 1. The maximum absolute atomic E-state index is 13.3. The molecule has 0 radical (unpaired) electrons. The summed E-state index contributed by atoms with van der Waals surface area (Å²) in [5.74, 6) is -0.815. The molecule has 0 bridgehead atoms. The lowest BCUT2D eigenvalue weighted by atomic mass is 10.1. The van der Waals surface area contributed by atoms with Gasteiger partial charge in [-0.1, -0.05) is 48.5 Å². The van der Waals surface area contributed by atoms with E-state index in [9.17, 15) is 14.4 Å². The summed E-state index contributed by atoms with van der Waals surface area (Å²) >= 11 is 0.